The van der Waals surface area contributed by atoms with Crippen LogP contribution < -0.4 is 19.7 Å². The highest BCUT2D eigenvalue weighted by Crippen LogP contribution is 2.33. The van der Waals surface area contributed by atoms with Crippen molar-refractivity contribution in [1.82, 2.24) is 9.97 Å². The Balaban J connectivity index is 1.85. The number of aromatic nitrogens is 2. The van der Waals surface area contributed by atoms with Crippen LogP contribution in [0.1, 0.15) is 22.1 Å². The molecule has 4 aromatic rings. The van der Waals surface area contributed by atoms with Gasteiger partial charge in [0, 0.05) is 23.8 Å². The fourth-order valence-electron chi connectivity index (χ4n) is 3.63. The predicted octanol–water partition coefficient (Wildman–Crippen LogP) is 4.66. The molecule has 0 aliphatic rings. The topological polar surface area (TPSA) is 93.7 Å². The molecule has 0 unspecified atom stereocenters. The van der Waals surface area contributed by atoms with Crippen molar-refractivity contribution in [2.45, 2.75) is 6.04 Å². The summed E-state index contributed by atoms with van der Waals surface area (Å²) < 4.78 is 24.0. The highest BCUT2D eigenvalue weighted by atomic mass is 19.1. The Morgan fingerprint density at radius 2 is 1.64 bits per heavy atom. The number of rotatable bonds is 8. The highest BCUT2D eigenvalue weighted by Gasteiger charge is 2.34. The first kappa shape index (κ1) is 24.3. The maximum absolute atomic E-state index is 13.8. The smallest absolute Gasteiger partial charge is 0.279 e. The van der Waals surface area contributed by atoms with Crippen molar-refractivity contribution in [3.63, 3.8) is 0 Å². The molecule has 0 aliphatic carbocycles. The molecule has 0 fully saturated rings. The van der Waals surface area contributed by atoms with Crippen molar-refractivity contribution < 1.29 is 23.5 Å². The molecule has 182 valence electrons. The average molecular weight is 487 g/mol. The molecule has 0 bridgehead atoms. The Bertz CT molecular complexity index is 1330. The monoisotopic (exact) mass is 486 g/mol. The number of nitrogens with one attached hydrogen (secondary N) is 1. The van der Waals surface area contributed by atoms with Crippen LogP contribution in [0.4, 0.5) is 15.8 Å². The number of carbonyl (C=O) groups excluding carboxylic acids is 2. The molecule has 1 heterocycles. The molecule has 8 nitrogen and oxygen atoms in total. The zero-order valence-corrected chi connectivity index (χ0v) is 19.6. The third-order valence-corrected chi connectivity index (χ3v) is 5.38. The molecule has 4 rings (SSSR count). The Kier molecular flexibility index (Phi) is 7.50. The van der Waals surface area contributed by atoms with Gasteiger partial charge in [-0.15, -0.1) is 0 Å². The molecule has 1 N–H and O–H groups in total. The van der Waals surface area contributed by atoms with Crippen LogP contribution in [0.5, 0.6) is 11.5 Å². The third kappa shape index (κ3) is 5.47. The predicted molar refractivity (Wildman–Crippen MR) is 133 cm³/mol. The Hall–Kier alpha value is -4.79. The number of ether oxygens (including phenoxy) is 2. The summed E-state index contributed by atoms with van der Waals surface area (Å²) in [5.74, 6) is -0.415. The normalized spacial score (nSPS) is 11.3. The Morgan fingerprint density at radius 3 is 2.28 bits per heavy atom. The maximum Gasteiger partial charge on any atom is 0.279 e. The molecule has 0 aliphatic heterocycles. The summed E-state index contributed by atoms with van der Waals surface area (Å²) in [6.07, 6.45) is 4.19. The summed E-state index contributed by atoms with van der Waals surface area (Å²) in [5.41, 5.74) is 1.34. The van der Waals surface area contributed by atoms with E-state index in [9.17, 15) is 14.0 Å². The van der Waals surface area contributed by atoms with Crippen LogP contribution in [0.25, 0.3) is 0 Å². The zero-order valence-electron chi connectivity index (χ0n) is 19.6. The van der Waals surface area contributed by atoms with E-state index in [1.54, 1.807) is 48.5 Å². The van der Waals surface area contributed by atoms with E-state index in [-0.39, 0.29) is 5.69 Å². The first-order chi connectivity index (χ1) is 17.5. The number of amides is 2. The molecule has 9 heteroatoms. The van der Waals surface area contributed by atoms with E-state index in [0.29, 0.717) is 28.4 Å². The summed E-state index contributed by atoms with van der Waals surface area (Å²) in [5, 5.41) is 2.78. The van der Waals surface area contributed by atoms with Gasteiger partial charge in [0.15, 0.2) is 0 Å². The number of carbonyl (C=O) groups is 2. The van der Waals surface area contributed by atoms with Gasteiger partial charge < -0.3 is 14.8 Å². The zero-order chi connectivity index (χ0) is 25.5. The number of halogens is 1. The minimum atomic E-state index is -1.15. The quantitative estimate of drug-likeness (QED) is 0.389. The number of benzene rings is 3. The number of hydrogen-bond donors (Lipinski definition) is 1. The lowest BCUT2D eigenvalue weighted by Gasteiger charge is -2.31. The van der Waals surface area contributed by atoms with Crippen LogP contribution in [-0.2, 0) is 4.79 Å². The average Bonchev–Trinajstić information content (AvgIpc) is 2.93. The van der Waals surface area contributed by atoms with Crippen molar-refractivity contribution in [3.8, 4) is 11.5 Å². The van der Waals surface area contributed by atoms with Gasteiger partial charge in [-0.25, -0.2) is 9.37 Å². The van der Waals surface area contributed by atoms with Crippen LogP contribution in [-0.4, -0.2) is 36.0 Å². The van der Waals surface area contributed by atoms with E-state index in [1.807, 2.05) is 0 Å². The first-order valence-electron chi connectivity index (χ1n) is 10.9. The number of anilines is 2. The molecule has 0 saturated heterocycles. The second-order valence-electron chi connectivity index (χ2n) is 7.64. The number of hydrogen-bond acceptors (Lipinski definition) is 6. The minimum absolute atomic E-state index is 0.0517. The van der Waals surface area contributed by atoms with Gasteiger partial charge >= 0.3 is 0 Å². The van der Waals surface area contributed by atoms with Crippen molar-refractivity contribution >= 4 is 23.2 Å². The molecule has 3 aromatic carbocycles. The fourth-order valence-corrected chi connectivity index (χ4v) is 3.63. The van der Waals surface area contributed by atoms with Crippen molar-refractivity contribution in [2.24, 2.45) is 0 Å². The summed E-state index contributed by atoms with van der Waals surface area (Å²) in [7, 11) is 3.05. The van der Waals surface area contributed by atoms with Gasteiger partial charge in [-0.2, -0.15) is 0 Å². The van der Waals surface area contributed by atoms with Crippen LogP contribution in [0.2, 0.25) is 0 Å². The second-order valence-corrected chi connectivity index (χ2v) is 7.64. The van der Waals surface area contributed by atoms with E-state index < -0.39 is 23.7 Å². The van der Waals surface area contributed by atoms with Gasteiger partial charge in [0.25, 0.3) is 11.8 Å². The van der Waals surface area contributed by atoms with Gasteiger partial charge in [-0.1, -0.05) is 12.1 Å². The van der Waals surface area contributed by atoms with E-state index in [0.717, 1.165) is 0 Å². The first-order valence-corrected chi connectivity index (χ1v) is 10.9. The largest absolute Gasteiger partial charge is 0.497 e. The highest BCUT2D eigenvalue weighted by molar-refractivity contribution is 6.11. The third-order valence-electron chi connectivity index (χ3n) is 5.38. The van der Waals surface area contributed by atoms with E-state index in [2.05, 4.69) is 15.3 Å². The van der Waals surface area contributed by atoms with Gasteiger partial charge in [0.1, 0.15) is 29.1 Å². The summed E-state index contributed by atoms with van der Waals surface area (Å²) in [4.78, 5) is 37.1. The molecule has 1 aromatic heterocycles. The van der Waals surface area contributed by atoms with Gasteiger partial charge in [0.2, 0.25) is 0 Å². The van der Waals surface area contributed by atoms with Gasteiger partial charge in [-0.3, -0.25) is 19.5 Å². The van der Waals surface area contributed by atoms with E-state index in [4.69, 9.17) is 9.47 Å². The molecular weight excluding hydrogens is 463 g/mol. The molecule has 0 saturated carbocycles. The van der Waals surface area contributed by atoms with Crippen LogP contribution in [0.15, 0.2) is 91.4 Å². The lowest BCUT2D eigenvalue weighted by atomic mass is 10.0. The summed E-state index contributed by atoms with van der Waals surface area (Å²) in [6.45, 7) is 0. The van der Waals surface area contributed by atoms with E-state index in [1.165, 1.54) is 62.0 Å². The number of nitrogens with zero attached hydrogens (tertiary/aromatic N) is 3. The minimum Gasteiger partial charge on any atom is -0.497 e. The summed E-state index contributed by atoms with van der Waals surface area (Å²) in [6, 6.07) is 17.8. The van der Waals surface area contributed by atoms with Gasteiger partial charge in [-0.05, 0) is 66.2 Å². The Labute approximate surface area is 207 Å². The SMILES string of the molecule is COc1ccc(N(C(=O)c2cnccn2)[C@@H](C(=O)Nc2ccc(F)cc2)c2cccc(OC)c2)cc1. The van der Waals surface area contributed by atoms with Crippen molar-refractivity contribution in [1.29, 1.82) is 0 Å². The molecule has 36 heavy (non-hydrogen) atoms. The lowest BCUT2D eigenvalue weighted by molar-refractivity contribution is -0.117. The fraction of sp³-hybridized carbons (Fsp3) is 0.111. The van der Waals surface area contributed by atoms with Crippen LogP contribution in [0.3, 0.4) is 0 Å². The molecule has 2 amide bonds. The van der Waals surface area contributed by atoms with E-state index >= 15 is 0 Å². The summed E-state index contributed by atoms with van der Waals surface area (Å²) >= 11 is 0. The molecule has 1 atom stereocenters. The Morgan fingerprint density at radius 1 is 0.917 bits per heavy atom. The van der Waals surface area contributed by atoms with Crippen molar-refractivity contribution in [2.75, 3.05) is 24.4 Å². The maximum atomic E-state index is 13.8. The molecule has 0 spiro atoms. The van der Waals surface area contributed by atoms with Crippen LogP contribution in [0, 0.1) is 5.82 Å². The lowest BCUT2D eigenvalue weighted by Crippen LogP contribution is -2.42. The van der Waals surface area contributed by atoms with Crippen molar-refractivity contribution in [3.05, 3.63) is 108 Å². The standard InChI is InChI=1S/C27H23FN4O4/c1-35-22-12-10-21(11-13-22)32(27(34)24-17-29-14-15-30-24)25(18-4-3-5-23(16-18)36-2)26(33)31-20-8-6-19(28)7-9-20/h3-17,25H,1-2H3,(H,31,33)/t25-/m1/s1. The molecular formula is C27H23FN4O4. The molecule has 0 radical (unpaired) electrons. The number of methoxy groups -OCH3 is 2. The second kappa shape index (κ2) is 11.1. The van der Waals surface area contributed by atoms with Crippen LogP contribution >= 0.6 is 0 Å². The van der Waals surface area contributed by atoms with Gasteiger partial charge in [0.05, 0.1) is 20.4 Å².